The summed E-state index contributed by atoms with van der Waals surface area (Å²) in [5, 5.41) is 10.5. The number of nitrogens with zero attached hydrogens (tertiary/aromatic N) is 2. The molecule has 2 heterocycles. The van der Waals surface area contributed by atoms with Crippen LogP contribution in [-0.4, -0.2) is 17.2 Å². The SMILES string of the molecule is c1ccc(-c2ccc(-c3ccccc3-n3c4ccccc4c4ccc(-n5c6ccccc6c6c([Si](c7ccccc7)(c7ccccc7)c7ccccc7)cccc65)cc43)cc2)cc1. The van der Waals surface area contributed by atoms with Crippen LogP contribution in [0.15, 0.2) is 255 Å². The van der Waals surface area contributed by atoms with Crippen molar-refractivity contribution in [3.63, 3.8) is 0 Å². The lowest BCUT2D eigenvalue weighted by molar-refractivity contribution is 1.16. The molecule has 0 aliphatic heterocycles. The quantitative estimate of drug-likeness (QED) is 0.107. The van der Waals surface area contributed by atoms with Gasteiger partial charge in [-0.2, -0.15) is 0 Å². The maximum atomic E-state index is 2.50. The second kappa shape index (κ2) is 15.2. The fourth-order valence-corrected chi connectivity index (χ4v) is 15.4. The Balaban J connectivity index is 1.12. The van der Waals surface area contributed by atoms with Gasteiger partial charge in [0, 0.05) is 32.8 Å². The van der Waals surface area contributed by atoms with Crippen LogP contribution >= 0.6 is 0 Å². The summed E-state index contributed by atoms with van der Waals surface area (Å²) in [5.41, 5.74) is 11.8. The summed E-state index contributed by atoms with van der Waals surface area (Å²) in [6, 6.07) is 94.2. The molecule has 12 aromatic rings. The van der Waals surface area contributed by atoms with Gasteiger partial charge in [-0.05, 0) is 73.8 Å². The van der Waals surface area contributed by atoms with E-state index in [1.165, 1.54) is 86.6 Å². The second-order valence-corrected chi connectivity index (χ2v) is 20.2. The number of hydrogen-bond donors (Lipinski definition) is 0. The van der Waals surface area contributed by atoms with Gasteiger partial charge in [0.15, 0.2) is 8.07 Å². The lowest BCUT2D eigenvalue weighted by Crippen LogP contribution is -2.74. The van der Waals surface area contributed by atoms with Crippen molar-refractivity contribution in [1.29, 1.82) is 0 Å². The number of para-hydroxylation sites is 3. The molecule has 2 nitrogen and oxygen atoms in total. The molecule has 0 atom stereocenters. The summed E-state index contributed by atoms with van der Waals surface area (Å²) in [5.74, 6) is 0. The van der Waals surface area contributed by atoms with Crippen molar-refractivity contribution in [2.24, 2.45) is 0 Å². The molecule has 0 radical (unpaired) electrons. The molecule has 0 aliphatic rings. The fourth-order valence-electron chi connectivity index (χ4n) is 10.4. The van der Waals surface area contributed by atoms with E-state index in [-0.39, 0.29) is 0 Å². The first-order valence-corrected chi connectivity index (χ1v) is 23.8. The lowest BCUT2D eigenvalue weighted by atomic mass is 9.99. The lowest BCUT2D eigenvalue weighted by Gasteiger charge is -2.35. The number of benzene rings is 10. The minimum absolute atomic E-state index is 1.13. The van der Waals surface area contributed by atoms with Crippen LogP contribution in [0, 0.1) is 0 Å². The average Bonchev–Trinajstić information content (AvgIpc) is 3.88. The monoisotopic (exact) mass is 818 g/mol. The zero-order chi connectivity index (χ0) is 41.7. The Bertz CT molecular complexity index is 3490. The van der Waals surface area contributed by atoms with E-state index in [1.807, 2.05) is 0 Å². The van der Waals surface area contributed by atoms with Crippen molar-refractivity contribution in [1.82, 2.24) is 9.13 Å². The molecule has 0 fully saturated rings. The number of hydrogen-bond acceptors (Lipinski definition) is 0. The zero-order valence-corrected chi connectivity index (χ0v) is 35.6. The van der Waals surface area contributed by atoms with Crippen LogP contribution in [0.3, 0.4) is 0 Å². The molecule has 3 heteroatoms. The van der Waals surface area contributed by atoms with E-state index in [2.05, 4.69) is 264 Å². The third-order valence-electron chi connectivity index (χ3n) is 13.1. The van der Waals surface area contributed by atoms with Crippen LogP contribution in [0.25, 0.3) is 77.2 Å². The highest BCUT2D eigenvalue weighted by atomic mass is 28.3. The summed E-state index contributed by atoms with van der Waals surface area (Å²) in [4.78, 5) is 0. The Labute approximate surface area is 368 Å². The van der Waals surface area contributed by atoms with Crippen molar-refractivity contribution in [3.8, 4) is 33.6 Å². The van der Waals surface area contributed by atoms with E-state index >= 15 is 0 Å². The first-order chi connectivity index (χ1) is 31.3. The van der Waals surface area contributed by atoms with Gasteiger partial charge in [-0.1, -0.05) is 218 Å². The van der Waals surface area contributed by atoms with Crippen molar-refractivity contribution in [2.75, 3.05) is 0 Å². The molecule has 0 saturated heterocycles. The molecule has 0 amide bonds. The Kier molecular flexibility index (Phi) is 8.87. The van der Waals surface area contributed by atoms with E-state index in [0.717, 1.165) is 11.4 Å². The van der Waals surface area contributed by atoms with E-state index in [0.29, 0.717) is 0 Å². The topological polar surface area (TPSA) is 9.86 Å². The molecule has 63 heavy (non-hydrogen) atoms. The first-order valence-electron chi connectivity index (χ1n) is 21.8. The minimum atomic E-state index is -2.87. The van der Waals surface area contributed by atoms with Crippen molar-refractivity contribution in [2.45, 2.75) is 0 Å². The van der Waals surface area contributed by atoms with Crippen LogP contribution in [-0.2, 0) is 0 Å². The Morgan fingerprint density at radius 3 is 1.41 bits per heavy atom. The summed E-state index contributed by atoms with van der Waals surface area (Å²) >= 11 is 0. The molecule has 10 aromatic carbocycles. The summed E-state index contributed by atoms with van der Waals surface area (Å²) < 4.78 is 4.98. The largest absolute Gasteiger partial charge is 0.309 e. The van der Waals surface area contributed by atoms with Gasteiger partial charge in [-0.15, -0.1) is 0 Å². The van der Waals surface area contributed by atoms with Crippen LogP contribution in [0.2, 0.25) is 0 Å². The van der Waals surface area contributed by atoms with Crippen LogP contribution in [0.4, 0.5) is 0 Å². The zero-order valence-electron chi connectivity index (χ0n) is 34.6. The van der Waals surface area contributed by atoms with Crippen molar-refractivity contribution in [3.05, 3.63) is 255 Å². The average molecular weight is 819 g/mol. The van der Waals surface area contributed by atoms with E-state index in [4.69, 9.17) is 0 Å². The van der Waals surface area contributed by atoms with Crippen LogP contribution in [0.5, 0.6) is 0 Å². The molecule has 296 valence electrons. The van der Waals surface area contributed by atoms with Gasteiger partial charge < -0.3 is 9.13 Å². The predicted octanol–water partition coefficient (Wildman–Crippen LogP) is 12.6. The predicted molar refractivity (Wildman–Crippen MR) is 270 cm³/mol. The van der Waals surface area contributed by atoms with Gasteiger partial charge >= 0.3 is 0 Å². The van der Waals surface area contributed by atoms with Gasteiger partial charge in [0.25, 0.3) is 0 Å². The first kappa shape index (κ1) is 36.8. The van der Waals surface area contributed by atoms with E-state index < -0.39 is 8.07 Å². The molecule has 0 unspecified atom stereocenters. The maximum absolute atomic E-state index is 2.87. The molecule has 0 spiro atoms. The van der Waals surface area contributed by atoms with Gasteiger partial charge in [0.2, 0.25) is 0 Å². The summed E-state index contributed by atoms with van der Waals surface area (Å²) in [7, 11) is -2.87. The fraction of sp³-hybridized carbons (Fsp3) is 0. The number of rotatable bonds is 8. The normalized spacial score (nSPS) is 11.8. The molecule has 0 N–H and O–H groups in total. The number of aromatic nitrogens is 2. The van der Waals surface area contributed by atoms with E-state index in [9.17, 15) is 0 Å². The summed E-state index contributed by atoms with van der Waals surface area (Å²) in [6.45, 7) is 0. The minimum Gasteiger partial charge on any atom is -0.309 e. The van der Waals surface area contributed by atoms with Crippen LogP contribution in [0.1, 0.15) is 0 Å². The number of fused-ring (bicyclic) bond motifs is 6. The highest BCUT2D eigenvalue weighted by Gasteiger charge is 2.43. The standard InChI is InChI=1S/C60H42N2Si/c1-5-20-43(21-6-1)44-36-38-45(39-37-44)50-28-13-16-31-54(50)62-55-32-17-14-29-51(55)52-41-40-46(42-58(52)62)61-56-33-18-15-30-53(56)60-57(61)34-19-35-59(60)63(47-22-7-2-8-23-47,48-24-9-3-10-25-48)49-26-11-4-12-27-49/h1-42H. The second-order valence-electron chi connectivity index (χ2n) is 16.4. The molecule has 0 saturated carbocycles. The Morgan fingerprint density at radius 2 is 0.762 bits per heavy atom. The molecule has 0 aliphatic carbocycles. The highest BCUT2D eigenvalue weighted by molar-refractivity contribution is 7.20. The molecule has 12 rings (SSSR count). The van der Waals surface area contributed by atoms with Gasteiger partial charge in [-0.25, -0.2) is 0 Å². The van der Waals surface area contributed by atoms with E-state index in [1.54, 1.807) is 0 Å². The Hall–Kier alpha value is -7.98. The van der Waals surface area contributed by atoms with Crippen molar-refractivity contribution >= 4 is 72.4 Å². The Morgan fingerprint density at radius 1 is 0.286 bits per heavy atom. The van der Waals surface area contributed by atoms with Crippen molar-refractivity contribution < 1.29 is 0 Å². The molecular formula is C60H42N2Si. The smallest absolute Gasteiger partial charge is 0.180 e. The van der Waals surface area contributed by atoms with Gasteiger partial charge in [-0.3, -0.25) is 0 Å². The maximum Gasteiger partial charge on any atom is 0.180 e. The molecule has 2 aromatic heterocycles. The highest BCUT2D eigenvalue weighted by Crippen LogP contribution is 2.39. The third-order valence-corrected chi connectivity index (χ3v) is 17.9. The van der Waals surface area contributed by atoms with Crippen LogP contribution < -0.4 is 20.7 Å². The van der Waals surface area contributed by atoms with Gasteiger partial charge in [0.05, 0.1) is 27.8 Å². The molecule has 0 bridgehead atoms. The third kappa shape index (κ3) is 5.85. The van der Waals surface area contributed by atoms with Gasteiger partial charge in [0.1, 0.15) is 0 Å². The summed E-state index contributed by atoms with van der Waals surface area (Å²) in [6.07, 6.45) is 0. The molecular weight excluding hydrogens is 777 g/mol.